The summed E-state index contributed by atoms with van der Waals surface area (Å²) in [7, 11) is 0. The molecule has 0 aromatic carbocycles. The molecule has 98 valence electrons. The second-order valence-electron chi connectivity index (χ2n) is 4.83. The quantitative estimate of drug-likeness (QED) is 0.877. The average Bonchev–Trinajstić information content (AvgIpc) is 2.39. The molecule has 18 heavy (non-hydrogen) atoms. The summed E-state index contributed by atoms with van der Waals surface area (Å²) in [5, 5.41) is 6.94. The highest BCUT2D eigenvalue weighted by molar-refractivity contribution is 5.80. The molecule has 1 aromatic heterocycles. The van der Waals surface area contributed by atoms with Crippen LogP contribution in [0.5, 0.6) is 0 Å². The van der Waals surface area contributed by atoms with Gasteiger partial charge in [-0.15, -0.1) is 0 Å². The van der Waals surface area contributed by atoms with Crippen LogP contribution in [0.1, 0.15) is 45.1 Å². The Morgan fingerprint density at radius 3 is 2.83 bits per heavy atom. The molecule has 1 fully saturated rings. The zero-order valence-corrected chi connectivity index (χ0v) is 10.6. The largest absolute Gasteiger partial charge is 0.352 e. The van der Waals surface area contributed by atoms with Gasteiger partial charge in [-0.1, -0.05) is 19.3 Å². The van der Waals surface area contributed by atoms with Gasteiger partial charge in [-0.05, 0) is 25.8 Å². The van der Waals surface area contributed by atoms with Gasteiger partial charge in [0, 0.05) is 18.3 Å². The standard InChI is InChI=1S/C13H19N3O2/c1-10(16-12(17)8-5-9-14-16)13(18)15-11-6-3-2-4-7-11/h5,8-11H,2-4,6-7H2,1H3,(H,15,18). The van der Waals surface area contributed by atoms with Gasteiger partial charge in [0.1, 0.15) is 6.04 Å². The van der Waals surface area contributed by atoms with E-state index in [-0.39, 0.29) is 17.5 Å². The fourth-order valence-corrected chi connectivity index (χ4v) is 2.34. The highest BCUT2D eigenvalue weighted by Gasteiger charge is 2.21. The fraction of sp³-hybridized carbons (Fsp3) is 0.615. The molecule has 1 heterocycles. The molecule has 0 aliphatic heterocycles. The summed E-state index contributed by atoms with van der Waals surface area (Å²) in [5.74, 6) is -0.123. The molecule has 1 atom stereocenters. The molecule has 5 heteroatoms. The monoisotopic (exact) mass is 249 g/mol. The number of amides is 1. The average molecular weight is 249 g/mol. The predicted octanol–water partition coefficient (Wildman–Crippen LogP) is 1.25. The van der Waals surface area contributed by atoms with Crippen molar-refractivity contribution in [2.24, 2.45) is 0 Å². The van der Waals surface area contributed by atoms with E-state index in [1.165, 1.54) is 36.2 Å². The molecule has 1 amide bonds. The van der Waals surface area contributed by atoms with E-state index >= 15 is 0 Å². The van der Waals surface area contributed by atoms with Gasteiger partial charge >= 0.3 is 0 Å². The zero-order valence-electron chi connectivity index (χ0n) is 10.6. The second kappa shape index (κ2) is 5.80. The van der Waals surface area contributed by atoms with Gasteiger partial charge < -0.3 is 5.32 Å². The maximum Gasteiger partial charge on any atom is 0.267 e. The molecule has 1 aliphatic rings. The number of carbonyl (C=O) groups is 1. The summed E-state index contributed by atoms with van der Waals surface area (Å²) in [5.41, 5.74) is -0.246. The van der Waals surface area contributed by atoms with Crippen LogP contribution >= 0.6 is 0 Å². The van der Waals surface area contributed by atoms with Crippen LogP contribution in [-0.2, 0) is 4.79 Å². The van der Waals surface area contributed by atoms with Gasteiger partial charge in [-0.25, -0.2) is 4.68 Å². The van der Waals surface area contributed by atoms with Crippen LogP contribution in [0.25, 0.3) is 0 Å². The van der Waals surface area contributed by atoms with Crippen molar-refractivity contribution < 1.29 is 4.79 Å². The number of hydrogen-bond donors (Lipinski definition) is 1. The predicted molar refractivity (Wildman–Crippen MR) is 68.2 cm³/mol. The van der Waals surface area contributed by atoms with Crippen molar-refractivity contribution in [3.63, 3.8) is 0 Å². The Labute approximate surface area is 106 Å². The normalized spacial score (nSPS) is 18.3. The molecule has 2 rings (SSSR count). The smallest absolute Gasteiger partial charge is 0.267 e. The summed E-state index contributed by atoms with van der Waals surface area (Å²) in [4.78, 5) is 23.6. The third-order valence-electron chi connectivity index (χ3n) is 3.44. The first-order chi connectivity index (χ1) is 8.68. The van der Waals surface area contributed by atoms with Crippen LogP contribution in [0.2, 0.25) is 0 Å². The van der Waals surface area contributed by atoms with Crippen molar-refractivity contribution in [3.8, 4) is 0 Å². The summed E-state index contributed by atoms with van der Waals surface area (Å²) in [6.45, 7) is 1.70. The summed E-state index contributed by atoms with van der Waals surface area (Å²) >= 11 is 0. The minimum Gasteiger partial charge on any atom is -0.352 e. The van der Waals surface area contributed by atoms with Crippen molar-refractivity contribution in [3.05, 3.63) is 28.7 Å². The van der Waals surface area contributed by atoms with Crippen LogP contribution in [0.3, 0.4) is 0 Å². The van der Waals surface area contributed by atoms with Crippen molar-refractivity contribution in [2.45, 2.75) is 51.1 Å². The van der Waals surface area contributed by atoms with E-state index in [9.17, 15) is 9.59 Å². The van der Waals surface area contributed by atoms with E-state index in [4.69, 9.17) is 0 Å². The number of nitrogens with one attached hydrogen (secondary N) is 1. The van der Waals surface area contributed by atoms with E-state index in [0.29, 0.717) is 0 Å². The first kappa shape index (κ1) is 12.8. The summed E-state index contributed by atoms with van der Waals surface area (Å²) in [6, 6.07) is 2.69. The van der Waals surface area contributed by atoms with Crippen LogP contribution in [0.15, 0.2) is 23.1 Å². The number of hydrogen-bond acceptors (Lipinski definition) is 3. The Morgan fingerprint density at radius 2 is 2.17 bits per heavy atom. The Balaban J connectivity index is 2.00. The Bertz CT molecular complexity index is 463. The number of aromatic nitrogens is 2. The Morgan fingerprint density at radius 1 is 1.44 bits per heavy atom. The second-order valence-corrected chi connectivity index (χ2v) is 4.83. The van der Waals surface area contributed by atoms with Gasteiger partial charge in [-0.3, -0.25) is 9.59 Å². The van der Waals surface area contributed by atoms with E-state index in [1.54, 1.807) is 13.0 Å². The topological polar surface area (TPSA) is 64.0 Å². The molecule has 1 aromatic rings. The molecular weight excluding hydrogens is 230 g/mol. The first-order valence-corrected chi connectivity index (χ1v) is 6.52. The minimum atomic E-state index is -0.555. The van der Waals surface area contributed by atoms with Crippen LogP contribution in [0, 0.1) is 0 Å². The van der Waals surface area contributed by atoms with Crippen molar-refractivity contribution >= 4 is 5.91 Å². The maximum atomic E-state index is 12.1. The van der Waals surface area contributed by atoms with Gasteiger partial charge in [0.2, 0.25) is 5.91 Å². The van der Waals surface area contributed by atoms with Gasteiger partial charge in [0.15, 0.2) is 0 Å². The van der Waals surface area contributed by atoms with E-state index < -0.39 is 6.04 Å². The first-order valence-electron chi connectivity index (χ1n) is 6.52. The molecule has 5 nitrogen and oxygen atoms in total. The Kier molecular flexibility index (Phi) is 4.12. The van der Waals surface area contributed by atoms with E-state index in [1.807, 2.05) is 0 Å². The molecule has 0 spiro atoms. The molecule has 1 saturated carbocycles. The van der Waals surface area contributed by atoms with Crippen LogP contribution in [0.4, 0.5) is 0 Å². The number of rotatable bonds is 3. The van der Waals surface area contributed by atoms with Gasteiger partial charge in [-0.2, -0.15) is 5.10 Å². The molecule has 1 unspecified atom stereocenters. The summed E-state index contributed by atoms with van der Waals surface area (Å²) < 4.78 is 1.22. The minimum absolute atomic E-state index is 0.123. The molecule has 1 N–H and O–H groups in total. The number of nitrogens with zero attached hydrogens (tertiary/aromatic N) is 2. The molecular formula is C13H19N3O2. The highest BCUT2D eigenvalue weighted by atomic mass is 16.2. The Hall–Kier alpha value is -1.65. The lowest BCUT2D eigenvalue weighted by Crippen LogP contribution is -2.42. The lowest BCUT2D eigenvalue weighted by Gasteiger charge is -2.24. The lowest BCUT2D eigenvalue weighted by atomic mass is 9.95. The third kappa shape index (κ3) is 2.97. The van der Waals surface area contributed by atoms with Crippen LogP contribution < -0.4 is 10.9 Å². The molecule has 0 bridgehead atoms. The van der Waals surface area contributed by atoms with Crippen molar-refractivity contribution in [2.75, 3.05) is 0 Å². The lowest BCUT2D eigenvalue weighted by molar-refractivity contribution is -0.125. The van der Waals surface area contributed by atoms with E-state index in [0.717, 1.165) is 12.8 Å². The van der Waals surface area contributed by atoms with Gasteiger partial charge in [0.05, 0.1) is 0 Å². The number of carbonyl (C=O) groups excluding carboxylic acids is 1. The van der Waals surface area contributed by atoms with Gasteiger partial charge in [0.25, 0.3) is 5.56 Å². The highest BCUT2D eigenvalue weighted by Crippen LogP contribution is 2.17. The molecule has 0 radical (unpaired) electrons. The maximum absolute atomic E-state index is 12.1. The van der Waals surface area contributed by atoms with Crippen molar-refractivity contribution in [1.29, 1.82) is 0 Å². The fourth-order valence-electron chi connectivity index (χ4n) is 2.34. The summed E-state index contributed by atoms with van der Waals surface area (Å²) in [6.07, 6.45) is 7.18. The van der Waals surface area contributed by atoms with Crippen LogP contribution in [-0.4, -0.2) is 21.7 Å². The molecule has 0 saturated heterocycles. The third-order valence-corrected chi connectivity index (χ3v) is 3.44. The van der Waals surface area contributed by atoms with E-state index in [2.05, 4.69) is 10.4 Å². The molecule has 1 aliphatic carbocycles. The zero-order chi connectivity index (χ0) is 13.0. The van der Waals surface area contributed by atoms with Crippen molar-refractivity contribution in [1.82, 2.24) is 15.1 Å². The SMILES string of the molecule is CC(C(=O)NC1CCCCC1)n1ncccc1=O.